The van der Waals surface area contributed by atoms with Gasteiger partial charge in [-0.25, -0.2) is 0 Å². The summed E-state index contributed by atoms with van der Waals surface area (Å²) in [6, 6.07) is 8.19. The number of unbranched alkanes of at least 4 members (excludes halogenated alkanes) is 1. The second-order valence-electron chi connectivity index (χ2n) is 7.78. The number of nitrogens with one attached hydrogen (secondary N) is 1. The van der Waals surface area contributed by atoms with E-state index in [0.717, 1.165) is 51.4 Å². The number of hydrogen-bond donors (Lipinski definition) is 3. The van der Waals surface area contributed by atoms with Crippen molar-refractivity contribution in [2.75, 3.05) is 13.1 Å². The van der Waals surface area contributed by atoms with Gasteiger partial charge in [0.25, 0.3) is 5.91 Å². The van der Waals surface area contributed by atoms with Crippen LogP contribution < -0.4 is 16.8 Å². The number of amides is 1. The molecule has 1 amide bonds. The number of carbonyl (C=O) groups excluding carboxylic acids is 1. The molecule has 0 saturated heterocycles. The fourth-order valence-electron chi connectivity index (χ4n) is 4.30. The van der Waals surface area contributed by atoms with Gasteiger partial charge in [0.05, 0.1) is 0 Å². The maximum Gasteiger partial charge on any atom is 0.251 e. The van der Waals surface area contributed by atoms with E-state index in [0.29, 0.717) is 18.7 Å². The maximum atomic E-state index is 12.3. The number of halogens is 1. The molecule has 26 heavy (non-hydrogen) atoms. The first-order valence-electron chi connectivity index (χ1n) is 9.56. The predicted octanol–water partition coefficient (Wildman–Crippen LogP) is 3.05. The van der Waals surface area contributed by atoms with Crippen LogP contribution in [0.1, 0.15) is 67.3 Å². The van der Waals surface area contributed by atoms with Crippen LogP contribution in [0.25, 0.3) is 0 Å². The first-order chi connectivity index (χ1) is 12.4. The van der Waals surface area contributed by atoms with E-state index in [1.807, 2.05) is 12.1 Å². The van der Waals surface area contributed by atoms with Crippen molar-refractivity contribution in [3.05, 3.63) is 35.4 Å². The summed E-state index contributed by atoms with van der Waals surface area (Å²) in [7, 11) is 0. The first kappa shape index (κ1) is 19.0. The van der Waals surface area contributed by atoms with E-state index in [2.05, 4.69) is 22.4 Å². The van der Waals surface area contributed by atoms with Crippen molar-refractivity contribution in [3.8, 4) is 0 Å². The van der Waals surface area contributed by atoms with Crippen molar-refractivity contribution in [1.29, 1.82) is 0 Å². The van der Waals surface area contributed by atoms with Crippen LogP contribution in [0.15, 0.2) is 29.3 Å². The molecule has 3 saturated carbocycles. The van der Waals surface area contributed by atoms with Gasteiger partial charge in [0, 0.05) is 23.5 Å². The smallest absolute Gasteiger partial charge is 0.251 e. The van der Waals surface area contributed by atoms with Crippen LogP contribution in [0.2, 0.25) is 0 Å². The van der Waals surface area contributed by atoms with Gasteiger partial charge in [0.1, 0.15) is 0 Å². The molecule has 0 heterocycles. The number of carbonyl (C=O) groups is 1. The lowest BCUT2D eigenvalue weighted by atomic mass is 9.57. The third kappa shape index (κ3) is 4.32. The summed E-state index contributed by atoms with van der Waals surface area (Å²) in [4.78, 5) is 16.3. The van der Waals surface area contributed by atoms with E-state index in [1.54, 1.807) is 0 Å². The fourth-order valence-corrected chi connectivity index (χ4v) is 4.58. The zero-order chi connectivity index (χ0) is 18.6. The van der Waals surface area contributed by atoms with E-state index in [4.69, 9.17) is 23.1 Å². The number of benzene rings is 1. The Bertz CT molecular complexity index is 642. The zero-order valence-corrected chi connectivity index (χ0v) is 16.0. The zero-order valence-electron chi connectivity index (χ0n) is 15.3. The number of rotatable bonds is 7. The van der Waals surface area contributed by atoms with Gasteiger partial charge >= 0.3 is 0 Å². The van der Waals surface area contributed by atoms with Crippen LogP contribution in [-0.2, 0) is 5.41 Å². The number of aliphatic imine (C=N–C) groups is 1. The molecule has 5 nitrogen and oxygen atoms in total. The van der Waals surface area contributed by atoms with Crippen LogP contribution in [0.5, 0.6) is 0 Å². The monoisotopic (exact) mass is 376 g/mol. The lowest BCUT2D eigenvalue weighted by Gasteiger charge is -2.51. The Morgan fingerprint density at radius 3 is 2.23 bits per heavy atom. The number of fused-ring (bicyclic) bond motifs is 3. The number of nitrogens with zero attached hydrogens (tertiary/aromatic N) is 1. The summed E-state index contributed by atoms with van der Waals surface area (Å²) < 4.78 is 0. The van der Waals surface area contributed by atoms with Crippen molar-refractivity contribution < 1.29 is 4.79 Å². The minimum absolute atomic E-state index is 0.0250. The van der Waals surface area contributed by atoms with Crippen molar-refractivity contribution in [2.24, 2.45) is 16.5 Å². The summed E-state index contributed by atoms with van der Waals surface area (Å²) in [5.41, 5.74) is 12.9. The Morgan fingerprint density at radius 1 is 1.04 bits per heavy atom. The van der Waals surface area contributed by atoms with Gasteiger partial charge in [-0.1, -0.05) is 12.1 Å². The van der Waals surface area contributed by atoms with Crippen molar-refractivity contribution in [1.82, 2.24) is 5.32 Å². The maximum absolute atomic E-state index is 12.3. The SMILES string of the molecule is NC(N)=NCCCCNC(=O)c1ccc(C23CCC(Cl)(CC2)CC3)cc1. The molecule has 3 aliphatic carbocycles. The van der Waals surface area contributed by atoms with Crippen LogP contribution in [0, 0.1) is 0 Å². The van der Waals surface area contributed by atoms with Crippen molar-refractivity contribution >= 4 is 23.5 Å². The molecule has 2 bridgehead atoms. The summed E-state index contributed by atoms with van der Waals surface area (Å²) >= 11 is 6.64. The van der Waals surface area contributed by atoms with Gasteiger partial charge in [-0.05, 0) is 74.5 Å². The average molecular weight is 377 g/mol. The van der Waals surface area contributed by atoms with Gasteiger partial charge < -0.3 is 16.8 Å². The summed E-state index contributed by atoms with van der Waals surface area (Å²) in [5.74, 6) is 0.0872. The number of hydrogen-bond acceptors (Lipinski definition) is 2. The van der Waals surface area contributed by atoms with Crippen LogP contribution in [0.3, 0.4) is 0 Å². The molecule has 4 rings (SSSR count). The second-order valence-corrected chi connectivity index (χ2v) is 8.58. The highest BCUT2D eigenvalue weighted by Crippen LogP contribution is 2.56. The quantitative estimate of drug-likeness (QED) is 0.295. The fraction of sp³-hybridized carbons (Fsp3) is 0.600. The third-order valence-corrected chi connectivity index (χ3v) is 6.65. The van der Waals surface area contributed by atoms with E-state index in [9.17, 15) is 4.79 Å². The molecule has 1 aromatic rings. The van der Waals surface area contributed by atoms with E-state index in [1.165, 1.54) is 5.56 Å². The van der Waals surface area contributed by atoms with Crippen molar-refractivity contribution in [3.63, 3.8) is 0 Å². The molecular formula is C20H29ClN4O. The van der Waals surface area contributed by atoms with Gasteiger partial charge in [-0.2, -0.15) is 0 Å². The third-order valence-electron chi connectivity index (χ3n) is 6.08. The summed E-state index contributed by atoms with van der Waals surface area (Å²) in [6.07, 6.45) is 8.52. The van der Waals surface area contributed by atoms with Gasteiger partial charge in [0.2, 0.25) is 0 Å². The molecule has 0 spiro atoms. The molecule has 0 aromatic heterocycles. The largest absolute Gasteiger partial charge is 0.370 e. The van der Waals surface area contributed by atoms with Gasteiger partial charge in [-0.15, -0.1) is 11.6 Å². The number of nitrogens with two attached hydrogens (primary N) is 2. The highest BCUT2D eigenvalue weighted by molar-refractivity contribution is 6.24. The molecule has 6 heteroatoms. The van der Waals surface area contributed by atoms with E-state index < -0.39 is 0 Å². The van der Waals surface area contributed by atoms with Crippen LogP contribution in [0.4, 0.5) is 0 Å². The topological polar surface area (TPSA) is 93.5 Å². The number of guanidine groups is 1. The Labute approximate surface area is 160 Å². The first-order valence-corrected chi connectivity index (χ1v) is 9.93. The lowest BCUT2D eigenvalue weighted by molar-refractivity contribution is 0.0953. The Kier molecular flexibility index (Phi) is 5.76. The molecular weight excluding hydrogens is 348 g/mol. The standard InChI is InChI=1S/C20H29ClN4O/c21-20-10-7-19(8-11-20,9-12-20)16-5-3-15(4-6-16)17(26)24-13-1-2-14-25-18(22)23/h3-6H,1-2,7-14H2,(H,24,26)(H4,22,23,25). The highest BCUT2D eigenvalue weighted by atomic mass is 35.5. The average Bonchev–Trinajstić information content (AvgIpc) is 2.65. The molecule has 3 aliphatic rings. The van der Waals surface area contributed by atoms with E-state index >= 15 is 0 Å². The summed E-state index contributed by atoms with van der Waals surface area (Å²) in [5, 5.41) is 2.96. The molecule has 3 fully saturated rings. The highest BCUT2D eigenvalue weighted by Gasteiger charge is 2.48. The van der Waals surface area contributed by atoms with Crippen molar-refractivity contribution in [2.45, 2.75) is 61.7 Å². The minimum atomic E-state index is -0.0250. The molecule has 142 valence electrons. The molecule has 0 radical (unpaired) electrons. The van der Waals surface area contributed by atoms with Gasteiger partial charge in [0.15, 0.2) is 5.96 Å². The molecule has 5 N–H and O–H groups in total. The van der Waals surface area contributed by atoms with Crippen LogP contribution >= 0.6 is 11.6 Å². The van der Waals surface area contributed by atoms with E-state index in [-0.39, 0.29) is 22.2 Å². The normalized spacial score (nSPS) is 27.1. The Balaban J connectivity index is 1.50. The minimum Gasteiger partial charge on any atom is -0.370 e. The summed E-state index contributed by atoms with van der Waals surface area (Å²) in [6.45, 7) is 1.22. The molecule has 0 unspecified atom stereocenters. The van der Waals surface area contributed by atoms with Crippen LogP contribution in [-0.4, -0.2) is 29.8 Å². The second kappa shape index (κ2) is 7.87. The lowest BCUT2D eigenvalue weighted by Crippen LogP contribution is -2.45. The Hall–Kier alpha value is -1.75. The molecule has 0 atom stereocenters. The molecule has 0 aliphatic heterocycles. The predicted molar refractivity (Wildman–Crippen MR) is 107 cm³/mol. The molecule has 1 aromatic carbocycles. The van der Waals surface area contributed by atoms with Gasteiger partial charge in [-0.3, -0.25) is 9.79 Å². The Morgan fingerprint density at radius 2 is 1.65 bits per heavy atom. The number of alkyl halides is 1.